The van der Waals surface area contributed by atoms with Crippen molar-refractivity contribution < 1.29 is 19.1 Å². The van der Waals surface area contributed by atoms with Gasteiger partial charge in [0, 0.05) is 44.8 Å². The number of amides is 1. The summed E-state index contributed by atoms with van der Waals surface area (Å²) < 4.78 is 5.76. The van der Waals surface area contributed by atoms with Crippen LogP contribution in [0.2, 0.25) is 0 Å². The molecule has 7 nitrogen and oxygen atoms in total. The zero-order chi connectivity index (χ0) is 28.4. The lowest BCUT2D eigenvalue weighted by molar-refractivity contribution is -0.139. The van der Waals surface area contributed by atoms with Crippen molar-refractivity contribution in [1.29, 1.82) is 0 Å². The lowest BCUT2D eigenvalue weighted by Crippen LogP contribution is -2.27. The van der Waals surface area contributed by atoms with Crippen molar-refractivity contribution in [2.45, 2.75) is 59.3 Å². The molecule has 39 heavy (non-hydrogen) atoms. The minimum atomic E-state index is -0.389. The summed E-state index contributed by atoms with van der Waals surface area (Å²) in [7, 11) is 1.68. The van der Waals surface area contributed by atoms with Gasteiger partial charge >= 0.3 is 5.97 Å². The molecular formula is C31H36ClN3O4. The molecule has 1 amide bonds. The number of ether oxygens (including phenoxy) is 1. The van der Waals surface area contributed by atoms with Crippen molar-refractivity contribution in [3.05, 3.63) is 81.3 Å². The second-order valence-corrected chi connectivity index (χ2v) is 10.1. The summed E-state index contributed by atoms with van der Waals surface area (Å²) in [5.41, 5.74) is 4.65. The van der Waals surface area contributed by atoms with Crippen LogP contribution in [0.15, 0.2) is 58.4 Å². The van der Waals surface area contributed by atoms with Gasteiger partial charge in [0.05, 0.1) is 10.6 Å². The number of pyridine rings is 1. The molecule has 206 valence electrons. The number of benzene rings is 1. The third-order valence-electron chi connectivity index (χ3n) is 6.56. The monoisotopic (exact) mass is 549 g/mol. The van der Waals surface area contributed by atoms with E-state index in [4.69, 9.17) is 16.3 Å². The molecule has 0 fully saturated rings. The van der Waals surface area contributed by atoms with Gasteiger partial charge in [-0.05, 0) is 73.9 Å². The van der Waals surface area contributed by atoms with Crippen LogP contribution < -0.4 is 5.32 Å². The van der Waals surface area contributed by atoms with Crippen LogP contribution in [-0.4, -0.2) is 42.5 Å². The fourth-order valence-electron chi connectivity index (χ4n) is 4.83. The molecule has 3 rings (SSSR count). The number of rotatable bonds is 12. The minimum absolute atomic E-state index is 0.0612. The predicted octanol–water partition coefficient (Wildman–Crippen LogP) is 5.92. The number of esters is 1. The van der Waals surface area contributed by atoms with Gasteiger partial charge in [0.15, 0.2) is 5.78 Å². The van der Waals surface area contributed by atoms with E-state index in [1.165, 1.54) is 0 Å². The van der Waals surface area contributed by atoms with Gasteiger partial charge in [0.2, 0.25) is 0 Å². The topological polar surface area (TPSA) is 97.7 Å². The number of nitrogens with zero attached hydrogens (tertiary/aromatic N) is 2. The quantitative estimate of drug-likeness (QED) is 0.262. The van der Waals surface area contributed by atoms with Gasteiger partial charge in [-0.2, -0.15) is 0 Å². The number of hydrogen-bond donors (Lipinski definition) is 1. The SMILES string of the molecule is CCCC(=O)OC1=C(c2c(C)cc(CC/C=C(Cl)\C=N/C)cc2C)C(=O)C(CCNC(=O)c2ccccn2)C1. The first kappa shape index (κ1) is 30.0. The van der Waals surface area contributed by atoms with Gasteiger partial charge in [0.25, 0.3) is 5.91 Å². The van der Waals surface area contributed by atoms with Crippen molar-refractivity contribution in [2.75, 3.05) is 13.6 Å². The number of aryl methyl sites for hydroxylation is 3. The van der Waals surface area contributed by atoms with E-state index in [1.54, 1.807) is 37.7 Å². The molecule has 1 aliphatic rings. The highest BCUT2D eigenvalue weighted by Gasteiger charge is 2.37. The summed E-state index contributed by atoms with van der Waals surface area (Å²) in [6.45, 7) is 6.17. The first-order valence-electron chi connectivity index (χ1n) is 13.3. The Bertz CT molecular complexity index is 1280. The number of aromatic nitrogens is 1. The predicted molar refractivity (Wildman–Crippen MR) is 155 cm³/mol. The molecule has 2 aromatic rings. The zero-order valence-electron chi connectivity index (χ0n) is 23.1. The third-order valence-corrected chi connectivity index (χ3v) is 6.81. The number of carbonyl (C=O) groups is 3. The molecule has 0 saturated heterocycles. The van der Waals surface area contributed by atoms with Gasteiger partial charge in [-0.25, -0.2) is 0 Å². The molecule has 0 radical (unpaired) electrons. The Hall–Kier alpha value is -3.58. The molecule has 1 N–H and O–H groups in total. The molecule has 0 aliphatic heterocycles. The Morgan fingerprint density at radius 3 is 2.62 bits per heavy atom. The molecule has 1 heterocycles. The van der Waals surface area contributed by atoms with Crippen LogP contribution in [-0.2, 0) is 20.7 Å². The van der Waals surface area contributed by atoms with Crippen LogP contribution in [0.1, 0.15) is 71.8 Å². The maximum absolute atomic E-state index is 13.7. The minimum Gasteiger partial charge on any atom is -0.430 e. The van der Waals surface area contributed by atoms with Crippen LogP contribution >= 0.6 is 11.6 Å². The Morgan fingerprint density at radius 2 is 1.97 bits per heavy atom. The van der Waals surface area contributed by atoms with Crippen LogP contribution in [0.3, 0.4) is 0 Å². The molecule has 1 aromatic heterocycles. The number of ketones is 1. The number of hydrogen-bond acceptors (Lipinski definition) is 6. The normalized spacial score (nSPS) is 15.8. The fraction of sp³-hybridized carbons (Fsp3) is 0.387. The maximum atomic E-state index is 13.7. The number of Topliss-reactive ketones (excluding diaryl/α,β-unsaturated/α-hetero) is 1. The highest BCUT2D eigenvalue weighted by Crippen LogP contribution is 2.40. The summed E-state index contributed by atoms with van der Waals surface area (Å²) in [4.78, 5) is 46.5. The highest BCUT2D eigenvalue weighted by molar-refractivity contribution is 6.39. The lowest BCUT2D eigenvalue weighted by atomic mass is 9.89. The number of nitrogens with one attached hydrogen (secondary N) is 1. The van der Waals surface area contributed by atoms with E-state index in [1.807, 2.05) is 26.8 Å². The summed E-state index contributed by atoms with van der Waals surface area (Å²) in [5, 5.41) is 3.44. The van der Waals surface area contributed by atoms with Gasteiger partial charge in [-0.3, -0.25) is 24.4 Å². The second kappa shape index (κ2) is 14.5. The zero-order valence-corrected chi connectivity index (χ0v) is 23.8. The summed E-state index contributed by atoms with van der Waals surface area (Å²) in [5.74, 6) is -0.655. The van der Waals surface area contributed by atoms with Crippen molar-refractivity contribution in [2.24, 2.45) is 10.9 Å². The summed E-state index contributed by atoms with van der Waals surface area (Å²) >= 11 is 6.12. The Balaban J connectivity index is 1.80. The van der Waals surface area contributed by atoms with E-state index >= 15 is 0 Å². The van der Waals surface area contributed by atoms with Crippen LogP contribution in [0.25, 0.3) is 5.57 Å². The molecule has 1 atom stereocenters. The van der Waals surface area contributed by atoms with Crippen LogP contribution in [0, 0.1) is 19.8 Å². The van der Waals surface area contributed by atoms with Crippen molar-refractivity contribution in [3.8, 4) is 0 Å². The van der Waals surface area contributed by atoms with Crippen molar-refractivity contribution in [3.63, 3.8) is 0 Å². The van der Waals surface area contributed by atoms with Gasteiger partial charge in [-0.15, -0.1) is 0 Å². The molecule has 0 saturated carbocycles. The first-order chi connectivity index (χ1) is 18.7. The number of allylic oxidation sites excluding steroid dienone is 4. The first-order valence-corrected chi connectivity index (χ1v) is 13.7. The molecule has 1 aliphatic carbocycles. The van der Waals surface area contributed by atoms with Crippen molar-refractivity contribution in [1.82, 2.24) is 10.3 Å². The number of halogens is 1. The largest absolute Gasteiger partial charge is 0.430 e. The number of carbonyl (C=O) groups excluding carboxylic acids is 3. The van der Waals surface area contributed by atoms with Gasteiger partial charge in [0.1, 0.15) is 11.5 Å². The average molecular weight is 550 g/mol. The standard InChI is InChI=1S/C31H36ClN3O4/c1-5-9-27(36)39-26-18-23(13-15-35-31(38)25-12-6-7-14-34-25)30(37)29(26)28-20(2)16-22(17-21(28)3)10-8-11-24(32)19-33-4/h6-7,11-12,14,16-17,19,23H,5,8-10,13,15,18H2,1-4H3,(H,35,38)/b24-11+,33-19-. The Morgan fingerprint density at radius 1 is 1.23 bits per heavy atom. The van der Waals surface area contributed by atoms with E-state index < -0.39 is 0 Å². The smallest absolute Gasteiger partial charge is 0.310 e. The maximum Gasteiger partial charge on any atom is 0.310 e. The van der Waals surface area contributed by atoms with E-state index in [9.17, 15) is 14.4 Å². The molecule has 0 bridgehead atoms. The molecule has 8 heteroatoms. The molecule has 1 unspecified atom stereocenters. The molecule has 1 aromatic carbocycles. The van der Waals surface area contributed by atoms with E-state index in [-0.39, 0.29) is 30.0 Å². The summed E-state index contributed by atoms with van der Waals surface area (Å²) in [6, 6.07) is 9.28. The number of aliphatic imine (C=N–C) groups is 1. The average Bonchev–Trinajstić information content (AvgIpc) is 3.18. The third kappa shape index (κ3) is 8.20. The van der Waals surface area contributed by atoms with E-state index in [0.717, 1.165) is 35.1 Å². The van der Waals surface area contributed by atoms with Gasteiger partial charge < -0.3 is 10.1 Å². The fourth-order valence-corrected chi connectivity index (χ4v) is 5.04. The summed E-state index contributed by atoms with van der Waals surface area (Å²) in [6.07, 6.45) is 8.35. The Kier molecular flexibility index (Phi) is 11.2. The molecule has 0 spiro atoms. The molecular weight excluding hydrogens is 514 g/mol. The van der Waals surface area contributed by atoms with Crippen LogP contribution in [0.5, 0.6) is 0 Å². The highest BCUT2D eigenvalue weighted by atomic mass is 35.5. The van der Waals surface area contributed by atoms with Gasteiger partial charge in [-0.1, -0.05) is 42.8 Å². The van der Waals surface area contributed by atoms with E-state index in [2.05, 4.69) is 27.4 Å². The van der Waals surface area contributed by atoms with E-state index in [0.29, 0.717) is 47.9 Å². The van der Waals surface area contributed by atoms with Crippen molar-refractivity contribution >= 4 is 41.0 Å². The second-order valence-electron chi connectivity index (χ2n) is 9.67. The lowest BCUT2D eigenvalue weighted by Gasteiger charge is -2.15. The Labute approximate surface area is 235 Å². The van der Waals surface area contributed by atoms with Crippen LogP contribution in [0.4, 0.5) is 0 Å².